The number of aromatic carboxylic acids is 1. The molecule has 0 aliphatic carbocycles. The van der Waals surface area contributed by atoms with Crippen molar-refractivity contribution in [3.8, 4) is 0 Å². The molecule has 6 heteroatoms. The quantitative estimate of drug-likeness (QED) is 0.687. The molecule has 0 unspecified atom stereocenters. The summed E-state index contributed by atoms with van der Waals surface area (Å²) < 4.78 is 0. The van der Waals surface area contributed by atoms with E-state index < -0.39 is 5.97 Å². The number of H-pyrrole nitrogens is 1. The summed E-state index contributed by atoms with van der Waals surface area (Å²) in [4.78, 5) is 30.0. The number of pyridine rings is 1. The highest BCUT2D eigenvalue weighted by molar-refractivity contribution is 6.06. The lowest BCUT2D eigenvalue weighted by Crippen LogP contribution is -2.13. The number of hydrogen-bond donors (Lipinski definition) is 3. The molecule has 3 rings (SSSR count). The Hall–Kier alpha value is -3.15. The lowest BCUT2D eigenvalue weighted by atomic mass is 10.1. The van der Waals surface area contributed by atoms with Gasteiger partial charge in [0.25, 0.3) is 5.91 Å². The molecule has 21 heavy (non-hydrogen) atoms. The standard InChI is InChI=1S/C15H11N3O3/c19-14(10-2-1-9-3-5-16-12(9)7-10)18-13-8-11(15(20)21)4-6-17-13/h1-8,16H,(H,20,21)(H,17,18,19). The maximum absolute atomic E-state index is 12.1. The number of amides is 1. The zero-order chi connectivity index (χ0) is 14.8. The number of anilines is 1. The number of nitrogens with one attached hydrogen (secondary N) is 2. The SMILES string of the molecule is O=C(O)c1ccnc(NC(=O)c2ccc3cc[nH]c3c2)c1. The van der Waals surface area contributed by atoms with Gasteiger partial charge in [0, 0.05) is 23.5 Å². The van der Waals surface area contributed by atoms with E-state index in [1.165, 1.54) is 18.3 Å². The summed E-state index contributed by atoms with van der Waals surface area (Å²) >= 11 is 0. The smallest absolute Gasteiger partial charge is 0.335 e. The average molecular weight is 281 g/mol. The Bertz CT molecular complexity index is 839. The van der Waals surface area contributed by atoms with Crippen molar-refractivity contribution in [1.82, 2.24) is 9.97 Å². The Morgan fingerprint density at radius 1 is 1.10 bits per heavy atom. The van der Waals surface area contributed by atoms with Crippen LogP contribution in [0.1, 0.15) is 20.7 Å². The molecule has 0 saturated heterocycles. The van der Waals surface area contributed by atoms with E-state index in [1.54, 1.807) is 18.3 Å². The van der Waals surface area contributed by atoms with Crippen LogP contribution in [0.4, 0.5) is 5.82 Å². The van der Waals surface area contributed by atoms with Crippen LogP contribution in [0.5, 0.6) is 0 Å². The highest BCUT2D eigenvalue weighted by Crippen LogP contribution is 2.15. The third kappa shape index (κ3) is 2.59. The van der Waals surface area contributed by atoms with Crippen LogP contribution in [0, 0.1) is 0 Å². The van der Waals surface area contributed by atoms with Gasteiger partial charge in [-0.3, -0.25) is 4.79 Å². The van der Waals surface area contributed by atoms with Crippen LogP contribution in [0.2, 0.25) is 0 Å². The first kappa shape index (κ1) is 12.9. The Labute approximate surface area is 119 Å². The average Bonchev–Trinajstić information content (AvgIpc) is 2.94. The number of carbonyl (C=O) groups is 2. The number of fused-ring (bicyclic) bond motifs is 1. The topological polar surface area (TPSA) is 95.1 Å². The lowest BCUT2D eigenvalue weighted by molar-refractivity contribution is 0.0696. The zero-order valence-electron chi connectivity index (χ0n) is 10.8. The molecule has 0 radical (unpaired) electrons. The second-order valence-electron chi connectivity index (χ2n) is 4.47. The summed E-state index contributed by atoms with van der Waals surface area (Å²) in [6.07, 6.45) is 3.14. The minimum atomic E-state index is -1.07. The van der Waals surface area contributed by atoms with Gasteiger partial charge in [-0.1, -0.05) is 6.07 Å². The van der Waals surface area contributed by atoms with Crippen molar-refractivity contribution in [1.29, 1.82) is 0 Å². The van der Waals surface area contributed by atoms with Crippen LogP contribution in [0.15, 0.2) is 48.8 Å². The first-order valence-corrected chi connectivity index (χ1v) is 6.21. The van der Waals surface area contributed by atoms with E-state index in [0.717, 1.165) is 10.9 Å². The summed E-state index contributed by atoms with van der Waals surface area (Å²) in [5, 5.41) is 12.5. The molecular weight excluding hydrogens is 270 g/mol. The van der Waals surface area contributed by atoms with E-state index in [-0.39, 0.29) is 17.3 Å². The number of benzene rings is 1. The highest BCUT2D eigenvalue weighted by Gasteiger charge is 2.10. The number of aromatic nitrogens is 2. The molecule has 1 amide bonds. The summed E-state index contributed by atoms with van der Waals surface area (Å²) in [6, 6.07) is 9.85. The van der Waals surface area contributed by atoms with Crippen LogP contribution >= 0.6 is 0 Å². The predicted octanol–water partition coefficient (Wildman–Crippen LogP) is 2.51. The van der Waals surface area contributed by atoms with Crippen LogP contribution in [0.3, 0.4) is 0 Å². The van der Waals surface area contributed by atoms with Gasteiger partial charge in [0.05, 0.1) is 5.56 Å². The monoisotopic (exact) mass is 281 g/mol. The molecule has 2 aromatic heterocycles. The fourth-order valence-electron chi connectivity index (χ4n) is 2.01. The van der Waals surface area contributed by atoms with E-state index in [1.807, 2.05) is 12.1 Å². The second kappa shape index (κ2) is 5.09. The van der Waals surface area contributed by atoms with E-state index in [9.17, 15) is 9.59 Å². The van der Waals surface area contributed by atoms with Gasteiger partial charge in [-0.25, -0.2) is 9.78 Å². The maximum atomic E-state index is 12.1. The first-order valence-electron chi connectivity index (χ1n) is 6.21. The fraction of sp³-hybridized carbons (Fsp3) is 0. The molecule has 0 saturated carbocycles. The lowest BCUT2D eigenvalue weighted by Gasteiger charge is -2.05. The van der Waals surface area contributed by atoms with Gasteiger partial charge in [-0.05, 0) is 35.7 Å². The fourth-order valence-corrected chi connectivity index (χ4v) is 2.01. The van der Waals surface area contributed by atoms with E-state index in [4.69, 9.17) is 5.11 Å². The Balaban J connectivity index is 1.85. The molecule has 0 atom stereocenters. The second-order valence-corrected chi connectivity index (χ2v) is 4.47. The number of carbonyl (C=O) groups excluding carboxylic acids is 1. The number of aromatic amines is 1. The number of nitrogens with zero attached hydrogens (tertiary/aromatic N) is 1. The van der Waals surface area contributed by atoms with Gasteiger partial charge in [-0.2, -0.15) is 0 Å². The van der Waals surface area contributed by atoms with Crippen LogP contribution < -0.4 is 5.32 Å². The van der Waals surface area contributed by atoms with Crippen LogP contribution in [-0.2, 0) is 0 Å². The van der Waals surface area contributed by atoms with Gasteiger partial charge in [0.2, 0.25) is 0 Å². The minimum Gasteiger partial charge on any atom is -0.478 e. The van der Waals surface area contributed by atoms with Crippen molar-refractivity contribution in [2.24, 2.45) is 0 Å². The molecule has 0 aliphatic heterocycles. The van der Waals surface area contributed by atoms with Gasteiger partial charge >= 0.3 is 5.97 Å². The number of carboxylic acids is 1. The van der Waals surface area contributed by atoms with E-state index in [0.29, 0.717) is 5.56 Å². The van der Waals surface area contributed by atoms with Crippen molar-refractivity contribution < 1.29 is 14.7 Å². The van der Waals surface area contributed by atoms with Crippen LogP contribution in [-0.4, -0.2) is 27.0 Å². The Morgan fingerprint density at radius 3 is 2.76 bits per heavy atom. The number of carboxylic acid groups (broad SMARTS) is 1. The summed E-state index contributed by atoms with van der Waals surface area (Å²) in [5.41, 5.74) is 1.39. The van der Waals surface area contributed by atoms with Crippen molar-refractivity contribution in [2.45, 2.75) is 0 Å². The van der Waals surface area contributed by atoms with Gasteiger partial charge in [-0.15, -0.1) is 0 Å². The molecule has 6 nitrogen and oxygen atoms in total. The summed E-state index contributed by atoms with van der Waals surface area (Å²) in [7, 11) is 0. The maximum Gasteiger partial charge on any atom is 0.335 e. The third-order valence-electron chi connectivity index (χ3n) is 3.07. The third-order valence-corrected chi connectivity index (χ3v) is 3.07. The minimum absolute atomic E-state index is 0.0696. The normalized spacial score (nSPS) is 10.5. The van der Waals surface area contributed by atoms with Gasteiger partial charge in [0.1, 0.15) is 5.82 Å². The molecule has 3 N–H and O–H groups in total. The van der Waals surface area contributed by atoms with Gasteiger partial charge in [0.15, 0.2) is 0 Å². The van der Waals surface area contributed by atoms with E-state index in [2.05, 4.69) is 15.3 Å². The van der Waals surface area contributed by atoms with Crippen molar-refractivity contribution in [3.63, 3.8) is 0 Å². The van der Waals surface area contributed by atoms with Crippen molar-refractivity contribution >= 4 is 28.6 Å². The summed E-state index contributed by atoms with van der Waals surface area (Å²) in [6.45, 7) is 0. The Morgan fingerprint density at radius 2 is 1.95 bits per heavy atom. The zero-order valence-corrected chi connectivity index (χ0v) is 10.8. The molecule has 0 bridgehead atoms. The molecule has 3 aromatic rings. The molecule has 2 heterocycles. The molecule has 1 aromatic carbocycles. The first-order chi connectivity index (χ1) is 10.1. The van der Waals surface area contributed by atoms with Crippen LogP contribution in [0.25, 0.3) is 10.9 Å². The largest absolute Gasteiger partial charge is 0.478 e. The molecular formula is C15H11N3O3. The molecule has 0 aliphatic rings. The van der Waals surface area contributed by atoms with Crippen molar-refractivity contribution in [3.05, 3.63) is 59.9 Å². The molecule has 0 fully saturated rings. The highest BCUT2D eigenvalue weighted by atomic mass is 16.4. The predicted molar refractivity (Wildman–Crippen MR) is 77.4 cm³/mol. The van der Waals surface area contributed by atoms with Crippen molar-refractivity contribution in [2.75, 3.05) is 5.32 Å². The van der Waals surface area contributed by atoms with E-state index >= 15 is 0 Å². The molecule has 0 spiro atoms. The van der Waals surface area contributed by atoms with Gasteiger partial charge < -0.3 is 15.4 Å². The Kier molecular flexibility index (Phi) is 3.12. The number of rotatable bonds is 3. The number of hydrogen-bond acceptors (Lipinski definition) is 3. The summed E-state index contributed by atoms with van der Waals surface area (Å²) in [5.74, 6) is -1.21. The molecule has 104 valence electrons.